The van der Waals surface area contributed by atoms with Crippen molar-refractivity contribution in [1.82, 2.24) is 10.3 Å². The van der Waals surface area contributed by atoms with Gasteiger partial charge in [-0.25, -0.2) is 13.8 Å². The van der Waals surface area contributed by atoms with E-state index in [0.717, 1.165) is 24.0 Å². The summed E-state index contributed by atoms with van der Waals surface area (Å²) in [7, 11) is 0. The maximum atomic E-state index is 13.0. The van der Waals surface area contributed by atoms with Crippen LogP contribution in [0.5, 0.6) is 0 Å². The Bertz CT molecular complexity index is 520. The SMILES string of the molecule is CCc1ncc(CNCCc2cc(F)cc(F)c2)s1. The van der Waals surface area contributed by atoms with Gasteiger partial charge in [0.1, 0.15) is 11.6 Å². The Labute approximate surface area is 115 Å². The Kier molecular flexibility index (Phi) is 4.99. The topological polar surface area (TPSA) is 24.9 Å². The van der Waals surface area contributed by atoms with Gasteiger partial charge in [-0.05, 0) is 37.1 Å². The molecule has 0 saturated heterocycles. The number of hydrogen-bond acceptors (Lipinski definition) is 3. The first-order valence-corrected chi connectivity index (χ1v) is 7.08. The van der Waals surface area contributed by atoms with E-state index in [1.54, 1.807) is 11.3 Å². The Morgan fingerprint density at radius 2 is 1.95 bits per heavy atom. The molecule has 102 valence electrons. The van der Waals surface area contributed by atoms with Crippen LogP contribution in [0.15, 0.2) is 24.4 Å². The van der Waals surface area contributed by atoms with E-state index in [9.17, 15) is 8.78 Å². The molecule has 0 aliphatic carbocycles. The van der Waals surface area contributed by atoms with E-state index in [1.165, 1.54) is 17.0 Å². The molecule has 0 unspecified atom stereocenters. The van der Waals surface area contributed by atoms with Gasteiger partial charge >= 0.3 is 0 Å². The number of aryl methyl sites for hydroxylation is 1. The standard InChI is InChI=1S/C14H16F2N2S/c1-2-14-18-9-13(19-14)8-17-4-3-10-5-11(15)7-12(16)6-10/h5-7,9,17H,2-4,8H2,1H3. The number of rotatable bonds is 6. The first-order valence-electron chi connectivity index (χ1n) is 6.26. The molecule has 2 aromatic rings. The van der Waals surface area contributed by atoms with Crippen LogP contribution in [0.25, 0.3) is 0 Å². The lowest BCUT2D eigenvalue weighted by Gasteiger charge is -2.04. The summed E-state index contributed by atoms with van der Waals surface area (Å²) in [5.74, 6) is -1.05. The zero-order valence-electron chi connectivity index (χ0n) is 10.7. The van der Waals surface area contributed by atoms with Crippen LogP contribution in [0, 0.1) is 11.6 Å². The van der Waals surface area contributed by atoms with Gasteiger partial charge in [0.25, 0.3) is 0 Å². The Hall–Kier alpha value is -1.33. The summed E-state index contributed by atoms with van der Waals surface area (Å²) >= 11 is 1.69. The molecule has 0 aliphatic rings. The van der Waals surface area contributed by atoms with Crippen LogP contribution in [0.2, 0.25) is 0 Å². The number of nitrogens with one attached hydrogen (secondary N) is 1. The van der Waals surface area contributed by atoms with Gasteiger partial charge in [0.15, 0.2) is 0 Å². The number of aromatic nitrogens is 1. The lowest BCUT2D eigenvalue weighted by Crippen LogP contribution is -2.16. The van der Waals surface area contributed by atoms with Gasteiger partial charge in [-0.15, -0.1) is 11.3 Å². The lowest BCUT2D eigenvalue weighted by atomic mass is 10.1. The van der Waals surface area contributed by atoms with E-state index >= 15 is 0 Å². The quantitative estimate of drug-likeness (QED) is 0.822. The molecule has 2 rings (SSSR count). The van der Waals surface area contributed by atoms with Crippen LogP contribution in [0.1, 0.15) is 22.4 Å². The number of hydrogen-bond donors (Lipinski definition) is 1. The van der Waals surface area contributed by atoms with Gasteiger partial charge in [0.2, 0.25) is 0 Å². The van der Waals surface area contributed by atoms with Crippen molar-refractivity contribution < 1.29 is 8.78 Å². The molecule has 19 heavy (non-hydrogen) atoms. The second-order valence-electron chi connectivity index (χ2n) is 4.28. The second-order valence-corrected chi connectivity index (χ2v) is 5.48. The first kappa shape index (κ1) is 14.1. The van der Waals surface area contributed by atoms with Crippen molar-refractivity contribution in [1.29, 1.82) is 0 Å². The molecule has 0 spiro atoms. The van der Waals surface area contributed by atoms with Gasteiger partial charge in [-0.2, -0.15) is 0 Å². The first-order chi connectivity index (χ1) is 9.17. The Balaban J connectivity index is 1.77. The van der Waals surface area contributed by atoms with Crippen molar-refractivity contribution in [2.45, 2.75) is 26.3 Å². The van der Waals surface area contributed by atoms with Crippen molar-refractivity contribution in [3.05, 3.63) is 51.5 Å². The molecule has 0 amide bonds. The second kappa shape index (κ2) is 6.73. The number of nitrogens with zero attached hydrogens (tertiary/aromatic N) is 1. The molecule has 0 saturated carbocycles. The number of halogens is 2. The molecule has 0 radical (unpaired) electrons. The van der Waals surface area contributed by atoms with Crippen molar-refractivity contribution in [2.75, 3.05) is 6.54 Å². The van der Waals surface area contributed by atoms with E-state index in [1.807, 2.05) is 6.20 Å². The highest BCUT2D eigenvalue weighted by Crippen LogP contribution is 2.13. The van der Waals surface area contributed by atoms with Crippen LogP contribution in [0.4, 0.5) is 8.78 Å². The minimum atomic E-state index is -0.523. The fourth-order valence-corrected chi connectivity index (χ4v) is 2.62. The molecule has 1 heterocycles. The van der Waals surface area contributed by atoms with Crippen LogP contribution in [-0.2, 0) is 19.4 Å². The molecular formula is C14H16F2N2S. The average molecular weight is 282 g/mol. The molecule has 0 bridgehead atoms. The predicted octanol–water partition coefficient (Wildman–Crippen LogP) is 3.32. The summed E-state index contributed by atoms with van der Waals surface area (Å²) in [5, 5.41) is 4.38. The fraction of sp³-hybridized carbons (Fsp3) is 0.357. The van der Waals surface area contributed by atoms with Crippen LogP contribution >= 0.6 is 11.3 Å². The predicted molar refractivity (Wildman–Crippen MR) is 73.3 cm³/mol. The number of thiazole rings is 1. The molecule has 0 aliphatic heterocycles. The monoisotopic (exact) mass is 282 g/mol. The van der Waals surface area contributed by atoms with Gasteiger partial charge in [-0.1, -0.05) is 6.92 Å². The molecule has 1 aromatic carbocycles. The fourth-order valence-electron chi connectivity index (χ4n) is 1.79. The normalized spacial score (nSPS) is 10.9. The summed E-state index contributed by atoms with van der Waals surface area (Å²) in [6.45, 7) is 3.51. The van der Waals surface area contributed by atoms with Crippen LogP contribution < -0.4 is 5.32 Å². The molecule has 5 heteroatoms. The number of benzene rings is 1. The molecule has 0 fully saturated rings. The maximum absolute atomic E-state index is 13.0. The minimum Gasteiger partial charge on any atom is -0.311 e. The third-order valence-corrected chi connectivity index (χ3v) is 3.86. The average Bonchev–Trinajstić information content (AvgIpc) is 2.81. The molecule has 2 nitrogen and oxygen atoms in total. The molecular weight excluding hydrogens is 266 g/mol. The lowest BCUT2D eigenvalue weighted by molar-refractivity contribution is 0.577. The summed E-state index contributed by atoms with van der Waals surface area (Å²) in [5.41, 5.74) is 0.670. The van der Waals surface area contributed by atoms with Gasteiger partial charge < -0.3 is 5.32 Å². The zero-order valence-corrected chi connectivity index (χ0v) is 11.6. The van der Waals surface area contributed by atoms with E-state index in [2.05, 4.69) is 17.2 Å². The smallest absolute Gasteiger partial charge is 0.126 e. The van der Waals surface area contributed by atoms with Gasteiger partial charge in [0.05, 0.1) is 5.01 Å². The summed E-state index contributed by atoms with van der Waals surface area (Å²) < 4.78 is 26.0. The van der Waals surface area contributed by atoms with Crippen molar-refractivity contribution in [2.24, 2.45) is 0 Å². The minimum absolute atomic E-state index is 0.523. The highest BCUT2D eigenvalue weighted by atomic mass is 32.1. The summed E-state index contributed by atoms with van der Waals surface area (Å²) in [4.78, 5) is 5.46. The van der Waals surface area contributed by atoms with Crippen LogP contribution in [-0.4, -0.2) is 11.5 Å². The third-order valence-electron chi connectivity index (χ3n) is 2.72. The highest BCUT2D eigenvalue weighted by molar-refractivity contribution is 7.11. The molecule has 1 aromatic heterocycles. The van der Waals surface area contributed by atoms with E-state index in [4.69, 9.17) is 0 Å². The van der Waals surface area contributed by atoms with E-state index in [-0.39, 0.29) is 0 Å². The summed E-state index contributed by atoms with van der Waals surface area (Å²) in [6.07, 6.45) is 3.43. The van der Waals surface area contributed by atoms with Crippen molar-refractivity contribution in [3.8, 4) is 0 Å². The summed E-state index contributed by atoms with van der Waals surface area (Å²) in [6, 6.07) is 3.62. The molecule has 0 atom stereocenters. The highest BCUT2D eigenvalue weighted by Gasteiger charge is 2.02. The van der Waals surface area contributed by atoms with Crippen LogP contribution in [0.3, 0.4) is 0 Å². The molecule has 1 N–H and O–H groups in total. The zero-order chi connectivity index (χ0) is 13.7. The van der Waals surface area contributed by atoms with Crippen molar-refractivity contribution in [3.63, 3.8) is 0 Å². The van der Waals surface area contributed by atoms with E-state index < -0.39 is 11.6 Å². The van der Waals surface area contributed by atoms with Gasteiger partial charge in [-0.3, -0.25) is 0 Å². The third kappa shape index (κ3) is 4.36. The van der Waals surface area contributed by atoms with Gasteiger partial charge in [0, 0.05) is 23.7 Å². The largest absolute Gasteiger partial charge is 0.311 e. The van der Waals surface area contributed by atoms with E-state index in [0.29, 0.717) is 18.5 Å². The maximum Gasteiger partial charge on any atom is 0.126 e. The Morgan fingerprint density at radius 1 is 1.21 bits per heavy atom. The van der Waals surface area contributed by atoms with Crippen molar-refractivity contribution >= 4 is 11.3 Å². The Morgan fingerprint density at radius 3 is 2.58 bits per heavy atom.